The summed E-state index contributed by atoms with van der Waals surface area (Å²) in [6, 6.07) is 8.77. The number of aromatic nitrogens is 1. The van der Waals surface area contributed by atoms with Gasteiger partial charge in [-0.3, -0.25) is 14.7 Å². The van der Waals surface area contributed by atoms with Gasteiger partial charge in [-0.1, -0.05) is 23.7 Å². The molecule has 0 aliphatic carbocycles. The van der Waals surface area contributed by atoms with Crippen molar-refractivity contribution >= 4 is 23.2 Å². The van der Waals surface area contributed by atoms with Gasteiger partial charge in [-0.15, -0.1) is 0 Å². The number of carbonyl (C=O) groups excluding carboxylic acids is 1. The van der Waals surface area contributed by atoms with E-state index in [1.807, 2.05) is 50.2 Å². The van der Waals surface area contributed by atoms with Gasteiger partial charge in [-0.05, 0) is 50.3 Å². The number of carbonyl (C=O) groups is 1. The number of halogens is 1. The number of benzene rings is 1. The molecule has 0 aliphatic heterocycles. The second kappa shape index (κ2) is 6.70. The number of likely N-dealkylation sites (N-methyl/N-ethyl adjacent to an activating group) is 1. The van der Waals surface area contributed by atoms with Gasteiger partial charge in [0.1, 0.15) is 6.04 Å². The van der Waals surface area contributed by atoms with Gasteiger partial charge in [0.15, 0.2) is 0 Å². The minimum absolute atomic E-state index is 0.113. The average molecular weight is 304 g/mol. The molecule has 5 heteroatoms. The Kier molecular flexibility index (Phi) is 4.94. The summed E-state index contributed by atoms with van der Waals surface area (Å²) in [6.07, 6.45) is 3.39. The van der Waals surface area contributed by atoms with Crippen LogP contribution < -0.4 is 5.32 Å². The molecule has 110 valence electrons. The normalized spacial score (nSPS) is 12.2. The van der Waals surface area contributed by atoms with Crippen molar-refractivity contribution in [1.29, 1.82) is 0 Å². The van der Waals surface area contributed by atoms with Crippen molar-refractivity contribution in [3.8, 4) is 0 Å². The molecular formula is C16H18ClN3O. The standard InChI is InChI=1S/C16H18ClN3O/c1-11-13(17)7-4-8-14(11)19-16(21)15(20(2)3)12-6-5-9-18-10-12/h4-10,15H,1-3H3,(H,19,21). The van der Waals surface area contributed by atoms with Crippen LogP contribution >= 0.6 is 11.6 Å². The quantitative estimate of drug-likeness (QED) is 0.942. The van der Waals surface area contributed by atoms with Gasteiger partial charge >= 0.3 is 0 Å². The molecule has 1 heterocycles. The average Bonchev–Trinajstić information content (AvgIpc) is 2.45. The number of hydrogen-bond acceptors (Lipinski definition) is 3. The third-order valence-corrected chi connectivity index (χ3v) is 3.70. The minimum Gasteiger partial charge on any atom is -0.324 e. The van der Waals surface area contributed by atoms with E-state index in [2.05, 4.69) is 10.3 Å². The third kappa shape index (κ3) is 3.60. The van der Waals surface area contributed by atoms with E-state index in [-0.39, 0.29) is 5.91 Å². The lowest BCUT2D eigenvalue weighted by Gasteiger charge is -2.24. The van der Waals surface area contributed by atoms with Crippen molar-refractivity contribution in [1.82, 2.24) is 9.88 Å². The Hall–Kier alpha value is -1.91. The monoisotopic (exact) mass is 303 g/mol. The molecule has 1 unspecified atom stereocenters. The molecule has 4 nitrogen and oxygen atoms in total. The van der Waals surface area contributed by atoms with Crippen molar-refractivity contribution in [2.24, 2.45) is 0 Å². The Morgan fingerprint density at radius 1 is 1.29 bits per heavy atom. The molecule has 0 bridgehead atoms. The lowest BCUT2D eigenvalue weighted by atomic mass is 10.1. The van der Waals surface area contributed by atoms with Crippen LogP contribution in [0.15, 0.2) is 42.7 Å². The highest BCUT2D eigenvalue weighted by Gasteiger charge is 2.23. The fourth-order valence-electron chi connectivity index (χ4n) is 2.17. The largest absolute Gasteiger partial charge is 0.324 e. The molecule has 0 fully saturated rings. The van der Waals surface area contributed by atoms with Gasteiger partial charge in [0.25, 0.3) is 0 Å². The second-order valence-corrected chi connectivity index (χ2v) is 5.46. The Labute approximate surface area is 129 Å². The first-order valence-corrected chi connectivity index (χ1v) is 7.01. The molecule has 0 aliphatic rings. The van der Waals surface area contributed by atoms with Crippen LogP contribution in [0.3, 0.4) is 0 Å². The number of amides is 1. The zero-order chi connectivity index (χ0) is 15.4. The molecule has 0 spiro atoms. The summed E-state index contributed by atoms with van der Waals surface area (Å²) in [4.78, 5) is 18.5. The Morgan fingerprint density at radius 2 is 2.05 bits per heavy atom. The van der Waals surface area contributed by atoms with Crippen LogP contribution in [-0.2, 0) is 4.79 Å². The molecule has 1 aromatic carbocycles. The van der Waals surface area contributed by atoms with E-state index in [9.17, 15) is 4.79 Å². The van der Waals surface area contributed by atoms with Crippen molar-refractivity contribution in [2.45, 2.75) is 13.0 Å². The summed E-state index contributed by atoms with van der Waals surface area (Å²) in [6.45, 7) is 1.88. The maximum Gasteiger partial charge on any atom is 0.246 e. The Bertz CT molecular complexity index is 629. The summed E-state index contributed by atoms with van der Waals surface area (Å²) < 4.78 is 0. The number of hydrogen-bond donors (Lipinski definition) is 1. The number of pyridine rings is 1. The molecule has 1 amide bonds. The Balaban J connectivity index is 2.26. The van der Waals surface area contributed by atoms with E-state index in [0.29, 0.717) is 5.02 Å². The molecule has 0 saturated carbocycles. The van der Waals surface area contributed by atoms with Crippen LogP contribution in [-0.4, -0.2) is 29.9 Å². The van der Waals surface area contributed by atoms with Gasteiger partial charge in [0.2, 0.25) is 5.91 Å². The minimum atomic E-state index is -0.405. The lowest BCUT2D eigenvalue weighted by molar-refractivity contribution is -0.120. The van der Waals surface area contributed by atoms with Gasteiger partial charge in [0.05, 0.1) is 0 Å². The summed E-state index contributed by atoms with van der Waals surface area (Å²) >= 11 is 6.08. The molecule has 1 aromatic heterocycles. The molecule has 0 saturated heterocycles. The van der Waals surface area contributed by atoms with Gasteiger partial charge in [-0.25, -0.2) is 0 Å². The zero-order valence-electron chi connectivity index (χ0n) is 12.3. The van der Waals surface area contributed by atoms with Crippen LogP contribution in [0.5, 0.6) is 0 Å². The van der Waals surface area contributed by atoms with E-state index < -0.39 is 6.04 Å². The molecule has 1 atom stereocenters. The number of nitrogens with one attached hydrogen (secondary N) is 1. The van der Waals surface area contributed by atoms with Crippen LogP contribution in [0.2, 0.25) is 5.02 Å². The van der Waals surface area contributed by atoms with Crippen LogP contribution in [0, 0.1) is 6.92 Å². The lowest BCUT2D eigenvalue weighted by Crippen LogP contribution is -2.32. The molecular weight excluding hydrogens is 286 g/mol. The van der Waals surface area contributed by atoms with E-state index in [4.69, 9.17) is 11.6 Å². The first-order chi connectivity index (χ1) is 10.0. The number of nitrogens with zero attached hydrogens (tertiary/aromatic N) is 2. The van der Waals surface area contributed by atoms with Crippen LogP contribution in [0.1, 0.15) is 17.2 Å². The maximum absolute atomic E-state index is 12.6. The molecule has 2 rings (SSSR count). The first-order valence-electron chi connectivity index (χ1n) is 6.63. The van der Waals surface area contributed by atoms with E-state index in [1.165, 1.54) is 0 Å². The van der Waals surface area contributed by atoms with E-state index in [0.717, 1.165) is 16.8 Å². The SMILES string of the molecule is Cc1c(Cl)cccc1NC(=O)C(c1cccnc1)N(C)C. The van der Waals surface area contributed by atoms with Crippen molar-refractivity contribution in [3.63, 3.8) is 0 Å². The molecule has 0 radical (unpaired) electrons. The van der Waals surface area contributed by atoms with Crippen molar-refractivity contribution < 1.29 is 4.79 Å². The zero-order valence-corrected chi connectivity index (χ0v) is 13.1. The highest BCUT2D eigenvalue weighted by atomic mass is 35.5. The number of rotatable bonds is 4. The van der Waals surface area contributed by atoms with Gasteiger partial charge in [-0.2, -0.15) is 0 Å². The predicted molar refractivity (Wildman–Crippen MR) is 85.5 cm³/mol. The topological polar surface area (TPSA) is 45.2 Å². The highest BCUT2D eigenvalue weighted by molar-refractivity contribution is 6.31. The fourth-order valence-corrected chi connectivity index (χ4v) is 2.34. The fraction of sp³-hybridized carbons (Fsp3) is 0.250. The van der Waals surface area contributed by atoms with Crippen LogP contribution in [0.4, 0.5) is 5.69 Å². The molecule has 21 heavy (non-hydrogen) atoms. The Morgan fingerprint density at radius 3 is 2.67 bits per heavy atom. The smallest absolute Gasteiger partial charge is 0.246 e. The second-order valence-electron chi connectivity index (χ2n) is 5.05. The first kappa shape index (κ1) is 15.5. The maximum atomic E-state index is 12.6. The molecule has 1 N–H and O–H groups in total. The summed E-state index contributed by atoms with van der Waals surface area (Å²) in [5.74, 6) is -0.113. The van der Waals surface area contributed by atoms with Gasteiger partial charge in [0, 0.05) is 23.1 Å². The number of anilines is 1. The van der Waals surface area contributed by atoms with Crippen LogP contribution in [0.25, 0.3) is 0 Å². The van der Waals surface area contributed by atoms with Gasteiger partial charge < -0.3 is 5.32 Å². The van der Waals surface area contributed by atoms with E-state index >= 15 is 0 Å². The van der Waals surface area contributed by atoms with E-state index in [1.54, 1.807) is 18.5 Å². The predicted octanol–water partition coefficient (Wildman–Crippen LogP) is 3.28. The highest BCUT2D eigenvalue weighted by Crippen LogP contribution is 2.25. The van der Waals surface area contributed by atoms with Crippen molar-refractivity contribution in [3.05, 3.63) is 58.9 Å². The summed E-state index contributed by atoms with van der Waals surface area (Å²) in [5.41, 5.74) is 2.43. The summed E-state index contributed by atoms with van der Waals surface area (Å²) in [7, 11) is 3.73. The third-order valence-electron chi connectivity index (χ3n) is 3.29. The molecule has 2 aromatic rings. The summed E-state index contributed by atoms with van der Waals surface area (Å²) in [5, 5.41) is 3.57. The van der Waals surface area contributed by atoms with Crippen molar-refractivity contribution in [2.75, 3.05) is 19.4 Å².